The van der Waals surface area contributed by atoms with E-state index in [9.17, 15) is 14.9 Å². The molecule has 0 amide bonds. The van der Waals surface area contributed by atoms with Crippen molar-refractivity contribution in [2.45, 2.75) is 6.42 Å². The number of nitro groups is 1. The lowest BCUT2D eigenvalue weighted by atomic mass is 10.1. The molecule has 7 heteroatoms. The summed E-state index contributed by atoms with van der Waals surface area (Å²) >= 11 is 0. The molecule has 1 rings (SSSR count). The summed E-state index contributed by atoms with van der Waals surface area (Å²) in [7, 11) is 3.03. The topological polar surface area (TPSA) is 96.5 Å². The molecule has 0 atom stereocenters. The Labute approximate surface area is 110 Å². The Bertz CT molecular complexity index is 536. The van der Waals surface area contributed by atoms with Crippen LogP contribution in [0.4, 0.5) is 11.4 Å². The summed E-state index contributed by atoms with van der Waals surface area (Å²) in [5, 5.41) is 19.6. The van der Waals surface area contributed by atoms with Crippen LogP contribution >= 0.6 is 0 Å². The first-order valence-electron chi connectivity index (χ1n) is 5.46. The third kappa shape index (κ3) is 3.67. The lowest BCUT2D eigenvalue weighted by Crippen LogP contribution is -2.21. The van der Waals surface area contributed by atoms with Crippen LogP contribution in [0.15, 0.2) is 18.2 Å². The smallest absolute Gasteiger partial charge is 0.307 e. The SMILES string of the molecule is COC(=O)CCN(C)c1ccc([N+](=O)[O-])c(C#N)c1. The number of nitrogens with zero attached hydrogens (tertiary/aromatic N) is 3. The van der Waals surface area contributed by atoms with E-state index >= 15 is 0 Å². The van der Waals surface area contributed by atoms with Crippen LogP contribution < -0.4 is 4.90 Å². The first-order valence-corrected chi connectivity index (χ1v) is 5.46. The van der Waals surface area contributed by atoms with Gasteiger partial charge in [0.2, 0.25) is 0 Å². The Hall–Kier alpha value is -2.62. The minimum absolute atomic E-state index is 0.00702. The monoisotopic (exact) mass is 263 g/mol. The predicted octanol–water partition coefficient (Wildman–Crippen LogP) is 1.47. The summed E-state index contributed by atoms with van der Waals surface area (Å²) in [4.78, 5) is 22.8. The number of carbonyl (C=O) groups is 1. The molecule has 0 aliphatic rings. The highest BCUT2D eigenvalue weighted by atomic mass is 16.6. The Balaban J connectivity index is 2.88. The molecule has 0 saturated heterocycles. The second kappa shape index (κ2) is 6.35. The van der Waals surface area contributed by atoms with E-state index in [1.54, 1.807) is 18.0 Å². The summed E-state index contributed by atoms with van der Waals surface area (Å²) in [6.45, 7) is 0.398. The molecule has 0 radical (unpaired) electrons. The Kier molecular flexibility index (Phi) is 4.83. The molecule has 0 saturated carbocycles. The van der Waals surface area contributed by atoms with Crippen molar-refractivity contribution in [3.05, 3.63) is 33.9 Å². The fourth-order valence-corrected chi connectivity index (χ4v) is 1.50. The van der Waals surface area contributed by atoms with Gasteiger partial charge in [0.15, 0.2) is 0 Å². The van der Waals surface area contributed by atoms with Gasteiger partial charge in [-0.25, -0.2) is 0 Å². The van der Waals surface area contributed by atoms with E-state index < -0.39 is 4.92 Å². The summed E-state index contributed by atoms with van der Waals surface area (Å²) < 4.78 is 4.52. The maximum absolute atomic E-state index is 11.0. The largest absolute Gasteiger partial charge is 0.469 e. The van der Waals surface area contributed by atoms with Gasteiger partial charge >= 0.3 is 5.97 Å². The second-order valence-electron chi connectivity index (χ2n) is 3.82. The van der Waals surface area contributed by atoms with E-state index in [1.807, 2.05) is 0 Å². The summed E-state index contributed by atoms with van der Waals surface area (Å²) in [5.74, 6) is -0.339. The maximum atomic E-state index is 11.0. The van der Waals surface area contributed by atoms with Crippen molar-refractivity contribution >= 4 is 17.3 Å². The first-order chi connectivity index (χ1) is 8.99. The lowest BCUT2D eigenvalue weighted by Gasteiger charge is -2.18. The Morgan fingerprint density at radius 1 is 1.58 bits per heavy atom. The van der Waals surface area contributed by atoms with Crippen LogP contribution in [0.1, 0.15) is 12.0 Å². The number of rotatable bonds is 5. The number of esters is 1. The number of anilines is 1. The maximum Gasteiger partial charge on any atom is 0.307 e. The number of hydrogen-bond acceptors (Lipinski definition) is 6. The highest BCUT2D eigenvalue weighted by molar-refractivity contribution is 5.70. The normalized spacial score (nSPS) is 9.53. The first kappa shape index (κ1) is 14.4. The molecule has 0 spiro atoms. The minimum atomic E-state index is -0.600. The zero-order chi connectivity index (χ0) is 14.4. The highest BCUT2D eigenvalue weighted by Gasteiger charge is 2.15. The van der Waals surface area contributed by atoms with Crippen molar-refractivity contribution in [1.82, 2.24) is 0 Å². The lowest BCUT2D eigenvalue weighted by molar-refractivity contribution is -0.385. The zero-order valence-electron chi connectivity index (χ0n) is 10.6. The number of benzene rings is 1. The zero-order valence-corrected chi connectivity index (χ0v) is 10.6. The number of methoxy groups -OCH3 is 1. The van der Waals surface area contributed by atoms with Gasteiger partial charge in [-0.1, -0.05) is 0 Å². The van der Waals surface area contributed by atoms with Crippen molar-refractivity contribution in [1.29, 1.82) is 5.26 Å². The van der Waals surface area contributed by atoms with Gasteiger partial charge in [0.25, 0.3) is 5.69 Å². The van der Waals surface area contributed by atoms with Gasteiger partial charge in [-0.05, 0) is 12.1 Å². The van der Waals surface area contributed by atoms with E-state index in [4.69, 9.17) is 5.26 Å². The molecular weight excluding hydrogens is 250 g/mol. The Morgan fingerprint density at radius 3 is 2.79 bits per heavy atom. The molecule has 1 aromatic carbocycles. The van der Waals surface area contributed by atoms with Crippen LogP contribution in [0.5, 0.6) is 0 Å². The molecule has 0 aromatic heterocycles. The molecule has 1 aromatic rings. The van der Waals surface area contributed by atoms with Gasteiger partial charge in [-0.2, -0.15) is 5.26 Å². The number of nitro benzene ring substituents is 1. The van der Waals surface area contributed by atoms with Gasteiger partial charge in [0.05, 0.1) is 18.5 Å². The third-order valence-corrected chi connectivity index (χ3v) is 2.62. The molecule has 0 N–H and O–H groups in total. The molecular formula is C12H13N3O4. The molecule has 7 nitrogen and oxygen atoms in total. The summed E-state index contributed by atoms with van der Waals surface area (Å²) in [6.07, 6.45) is 0.200. The van der Waals surface area contributed by atoms with Crippen molar-refractivity contribution < 1.29 is 14.5 Å². The van der Waals surface area contributed by atoms with Crippen LogP contribution in [0.3, 0.4) is 0 Å². The van der Waals surface area contributed by atoms with Gasteiger partial charge in [0.1, 0.15) is 11.6 Å². The fourth-order valence-electron chi connectivity index (χ4n) is 1.50. The van der Waals surface area contributed by atoms with Crippen LogP contribution in [-0.2, 0) is 9.53 Å². The molecule has 0 unspecified atom stereocenters. The van der Waals surface area contributed by atoms with Gasteiger partial charge in [-0.3, -0.25) is 14.9 Å². The van der Waals surface area contributed by atoms with Crippen molar-refractivity contribution in [2.24, 2.45) is 0 Å². The highest BCUT2D eigenvalue weighted by Crippen LogP contribution is 2.23. The number of carbonyl (C=O) groups excluding carboxylic acids is 1. The van der Waals surface area contributed by atoms with Crippen LogP contribution in [0.2, 0.25) is 0 Å². The quantitative estimate of drug-likeness (QED) is 0.453. The van der Waals surface area contributed by atoms with Gasteiger partial charge in [-0.15, -0.1) is 0 Å². The van der Waals surface area contributed by atoms with E-state index in [0.29, 0.717) is 12.2 Å². The summed E-state index contributed by atoms with van der Waals surface area (Å²) in [5.41, 5.74) is 0.395. The number of ether oxygens (including phenoxy) is 1. The fraction of sp³-hybridized carbons (Fsp3) is 0.333. The van der Waals surface area contributed by atoms with E-state index in [0.717, 1.165) is 0 Å². The molecule has 19 heavy (non-hydrogen) atoms. The minimum Gasteiger partial charge on any atom is -0.469 e. The predicted molar refractivity (Wildman–Crippen MR) is 67.7 cm³/mol. The number of nitriles is 1. The summed E-state index contributed by atoms with van der Waals surface area (Å²) in [6, 6.07) is 6.03. The Morgan fingerprint density at radius 2 is 2.26 bits per heavy atom. The molecule has 0 aliphatic heterocycles. The number of hydrogen-bond donors (Lipinski definition) is 0. The van der Waals surface area contributed by atoms with Crippen LogP contribution in [-0.4, -0.2) is 31.6 Å². The van der Waals surface area contributed by atoms with Crippen molar-refractivity contribution in [2.75, 3.05) is 25.6 Å². The van der Waals surface area contributed by atoms with E-state index in [1.165, 1.54) is 25.3 Å². The van der Waals surface area contributed by atoms with Crippen LogP contribution in [0.25, 0.3) is 0 Å². The average Bonchev–Trinajstić information content (AvgIpc) is 2.43. The second-order valence-corrected chi connectivity index (χ2v) is 3.82. The average molecular weight is 263 g/mol. The molecule has 0 bridgehead atoms. The molecule has 0 aliphatic carbocycles. The van der Waals surface area contributed by atoms with E-state index in [2.05, 4.69) is 4.74 Å². The van der Waals surface area contributed by atoms with Crippen LogP contribution in [0, 0.1) is 21.4 Å². The van der Waals surface area contributed by atoms with E-state index in [-0.39, 0.29) is 23.6 Å². The third-order valence-electron chi connectivity index (χ3n) is 2.62. The van der Waals surface area contributed by atoms with Gasteiger partial charge in [0, 0.05) is 25.3 Å². The van der Waals surface area contributed by atoms with Crippen molar-refractivity contribution in [3.8, 4) is 6.07 Å². The molecule has 100 valence electrons. The molecule has 0 fully saturated rings. The standard InChI is InChI=1S/C12H13N3O4/c1-14(6-5-12(16)19-2)10-3-4-11(15(17)18)9(7-10)8-13/h3-4,7H,5-6H2,1-2H3. The van der Waals surface area contributed by atoms with Crippen molar-refractivity contribution in [3.63, 3.8) is 0 Å². The van der Waals surface area contributed by atoms with Gasteiger partial charge < -0.3 is 9.64 Å². The molecule has 0 heterocycles.